The number of hydrogen-bond acceptors (Lipinski definition) is 5. The van der Waals surface area contributed by atoms with Gasteiger partial charge >= 0.3 is 0 Å². The summed E-state index contributed by atoms with van der Waals surface area (Å²) in [5.74, 6) is 1.15. The highest BCUT2D eigenvalue weighted by atomic mass is 32.2. The van der Waals surface area contributed by atoms with Gasteiger partial charge in [-0.3, -0.25) is 9.59 Å². The molecule has 0 fully saturated rings. The number of hydrogen-bond donors (Lipinski definition) is 1. The van der Waals surface area contributed by atoms with E-state index in [9.17, 15) is 9.59 Å². The van der Waals surface area contributed by atoms with Gasteiger partial charge in [-0.25, -0.2) is 4.98 Å². The van der Waals surface area contributed by atoms with Crippen molar-refractivity contribution in [3.63, 3.8) is 0 Å². The fourth-order valence-corrected chi connectivity index (χ4v) is 5.08. The van der Waals surface area contributed by atoms with E-state index in [0.717, 1.165) is 34.2 Å². The van der Waals surface area contributed by atoms with Gasteiger partial charge in [-0.15, -0.1) is 11.3 Å². The quantitative estimate of drug-likeness (QED) is 0.430. The van der Waals surface area contributed by atoms with Gasteiger partial charge < -0.3 is 9.88 Å². The van der Waals surface area contributed by atoms with Crippen molar-refractivity contribution < 1.29 is 4.79 Å². The van der Waals surface area contributed by atoms with Crippen molar-refractivity contribution in [2.45, 2.75) is 44.5 Å². The van der Waals surface area contributed by atoms with Gasteiger partial charge in [0.1, 0.15) is 4.83 Å². The second-order valence-corrected chi connectivity index (χ2v) is 9.76. The third-order valence-electron chi connectivity index (χ3n) is 5.05. The van der Waals surface area contributed by atoms with E-state index in [1.807, 2.05) is 24.3 Å². The summed E-state index contributed by atoms with van der Waals surface area (Å²) < 4.78 is 0. The predicted molar refractivity (Wildman–Crippen MR) is 122 cm³/mol. The van der Waals surface area contributed by atoms with Crippen LogP contribution in [0.1, 0.15) is 46.6 Å². The minimum Gasteiger partial charge on any atom is -0.345 e. The van der Waals surface area contributed by atoms with E-state index in [2.05, 4.69) is 25.8 Å². The van der Waals surface area contributed by atoms with Crippen molar-refractivity contribution in [1.29, 1.82) is 0 Å². The summed E-state index contributed by atoms with van der Waals surface area (Å²) in [5.41, 5.74) is 2.76. The third-order valence-corrected chi connectivity index (χ3v) is 7.03. The molecule has 1 N–H and O–H groups in total. The number of nitrogens with one attached hydrogen (secondary N) is 1. The predicted octanol–water partition coefficient (Wildman–Crippen LogP) is 4.88. The molecule has 1 unspecified atom stereocenters. The third kappa shape index (κ3) is 4.90. The molecular weight excluding hydrogens is 402 g/mol. The number of fused-ring (bicyclic) bond motifs is 1. The maximum Gasteiger partial charge on any atom is 0.260 e. The molecule has 0 aliphatic carbocycles. The Bertz CT molecular complexity index is 1090. The van der Waals surface area contributed by atoms with Crippen LogP contribution in [0, 0.1) is 12.8 Å². The SMILES string of the molecule is CCC(C)Cc1c(C)sc2nc(SCc3cccc(C(=O)N(C)C)c3)[nH]c(=O)c12. The molecule has 1 aromatic carbocycles. The fraction of sp³-hybridized carbons (Fsp3) is 0.409. The highest BCUT2D eigenvalue weighted by Gasteiger charge is 2.17. The van der Waals surface area contributed by atoms with Crippen LogP contribution in [0.5, 0.6) is 0 Å². The first-order valence-electron chi connectivity index (χ1n) is 9.75. The van der Waals surface area contributed by atoms with E-state index in [4.69, 9.17) is 4.98 Å². The molecule has 154 valence electrons. The number of aryl methyl sites for hydroxylation is 1. The maximum atomic E-state index is 12.8. The minimum absolute atomic E-state index is 0.0206. The molecule has 2 heterocycles. The summed E-state index contributed by atoms with van der Waals surface area (Å²) in [7, 11) is 3.48. The Labute approximate surface area is 179 Å². The number of rotatable bonds is 7. The Morgan fingerprint density at radius 3 is 2.79 bits per heavy atom. The lowest BCUT2D eigenvalue weighted by molar-refractivity contribution is 0.0827. The highest BCUT2D eigenvalue weighted by Crippen LogP contribution is 2.31. The Morgan fingerprint density at radius 1 is 1.34 bits per heavy atom. The lowest BCUT2D eigenvalue weighted by Crippen LogP contribution is -2.21. The minimum atomic E-state index is -0.0586. The normalized spacial score (nSPS) is 12.3. The van der Waals surface area contributed by atoms with Crippen molar-refractivity contribution in [2.24, 2.45) is 5.92 Å². The summed E-state index contributed by atoms with van der Waals surface area (Å²) in [6.07, 6.45) is 2.00. The lowest BCUT2D eigenvalue weighted by Gasteiger charge is -2.11. The first-order chi connectivity index (χ1) is 13.8. The Balaban J connectivity index is 1.83. The molecule has 29 heavy (non-hydrogen) atoms. The highest BCUT2D eigenvalue weighted by molar-refractivity contribution is 7.98. The molecule has 0 saturated carbocycles. The molecule has 1 atom stereocenters. The zero-order valence-corrected chi connectivity index (χ0v) is 19.2. The number of carbonyl (C=O) groups is 1. The Kier molecular flexibility index (Phi) is 6.80. The standard InChI is InChI=1S/C22H27N3O2S2/c1-6-13(2)10-17-14(3)29-20-18(17)19(26)23-22(24-20)28-12-15-8-7-9-16(11-15)21(27)25(4)5/h7-9,11,13H,6,10,12H2,1-5H3,(H,23,24,26). The molecule has 0 aliphatic rings. The van der Waals surface area contributed by atoms with E-state index >= 15 is 0 Å². The zero-order chi connectivity index (χ0) is 21.1. The molecule has 5 nitrogen and oxygen atoms in total. The molecule has 0 spiro atoms. The number of benzene rings is 1. The average Bonchev–Trinajstić information content (AvgIpc) is 3.01. The van der Waals surface area contributed by atoms with Gasteiger partial charge in [0.2, 0.25) is 0 Å². The van der Waals surface area contributed by atoms with Crippen molar-refractivity contribution in [2.75, 3.05) is 14.1 Å². The van der Waals surface area contributed by atoms with Crippen LogP contribution in [-0.4, -0.2) is 34.9 Å². The second-order valence-electron chi connectivity index (χ2n) is 7.59. The van der Waals surface area contributed by atoms with E-state index < -0.39 is 0 Å². The van der Waals surface area contributed by atoms with Crippen LogP contribution in [0.25, 0.3) is 10.2 Å². The summed E-state index contributed by atoms with van der Waals surface area (Å²) in [6.45, 7) is 6.46. The van der Waals surface area contributed by atoms with Gasteiger partial charge in [0, 0.05) is 30.3 Å². The van der Waals surface area contributed by atoms with Crippen LogP contribution >= 0.6 is 23.1 Å². The monoisotopic (exact) mass is 429 g/mol. The summed E-state index contributed by atoms with van der Waals surface area (Å²) in [6, 6.07) is 7.58. The van der Waals surface area contributed by atoms with Crippen LogP contribution < -0.4 is 5.56 Å². The Morgan fingerprint density at radius 2 is 2.10 bits per heavy atom. The molecule has 3 rings (SSSR count). The number of thioether (sulfide) groups is 1. The average molecular weight is 430 g/mol. The van der Waals surface area contributed by atoms with Gasteiger partial charge in [0.05, 0.1) is 5.39 Å². The summed E-state index contributed by atoms with van der Waals surface area (Å²) in [4.78, 5) is 36.1. The van der Waals surface area contributed by atoms with Gasteiger partial charge in [-0.2, -0.15) is 0 Å². The smallest absolute Gasteiger partial charge is 0.260 e. The molecule has 0 saturated heterocycles. The number of H-pyrrole nitrogens is 1. The van der Waals surface area contributed by atoms with E-state index in [-0.39, 0.29) is 11.5 Å². The first-order valence-corrected chi connectivity index (χ1v) is 11.6. The van der Waals surface area contributed by atoms with E-state index in [1.165, 1.54) is 16.6 Å². The van der Waals surface area contributed by atoms with Gasteiger partial charge in [-0.05, 0) is 42.5 Å². The van der Waals surface area contributed by atoms with E-state index in [0.29, 0.717) is 22.4 Å². The molecule has 3 aromatic rings. The Hall–Kier alpha value is -2.12. The van der Waals surface area contributed by atoms with Crippen LogP contribution in [0.3, 0.4) is 0 Å². The second kappa shape index (κ2) is 9.13. The molecule has 7 heteroatoms. The van der Waals surface area contributed by atoms with Crippen molar-refractivity contribution >= 4 is 39.2 Å². The molecule has 2 aromatic heterocycles. The molecule has 0 bridgehead atoms. The van der Waals surface area contributed by atoms with Crippen LogP contribution in [-0.2, 0) is 12.2 Å². The zero-order valence-electron chi connectivity index (χ0n) is 17.5. The number of aromatic nitrogens is 2. The van der Waals surface area contributed by atoms with E-state index in [1.54, 1.807) is 30.3 Å². The van der Waals surface area contributed by atoms with Crippen molar-refractivity contribution in [1.82, 2.24) is 14.9 Å². The first kappa shape index (κ1) is 21.6. The van der Waals surface area contributed by atoms with Crippen molar-refractivity contribution in [3.8, 4) is 0 Å². The topological polar surface area (TPSA) is 66.1 Å². The summed E-state index contributed by atoms with van der Waals surface area (Å²) in [5, 5.41) is 1.36. The maximum absolute atomic E-state index is 12.8. The molecular formula is C22H27N3O2S2. The van der Waals surface area contributed by atoms with Gasteiger partial charge in [0.25, 0.3) is 11.5 Å². The fourth-order valence-electron chi connectivity index (χ4n) is 3.17. The number of aromatic amines is 1. The van der Waals surface area contributed by atoms with Crippen LogP contribution in [0.15, 0.2) is 34.2 Å². The number of carbonyl (C=O) groups excluding carboxylic acids is 1. The number of amides is 1. The van der Waals surface area contributed by atoms with Crippen LogP contribution in [0.4, 0.5) is 0 Å². The van der Waals surface area contributed by atoms with Crippen molar-refractivity contribution in [3.05, 3.63) is 56.2 Å². The largest absolute Gasteiger partial charge is 0.345 e. The number of nitrogens with zero attached hydrogens (tertiary/aromatic N) is 2. The summed E-state index contributed by atoms with van der Waals surface area (Å²) >= 11 is 3.08. The molecule has 0 aliphatic heterocycles. The van der Waals surface area contributed by atoms with Crippen LogP contribution in [0.2, 0.25) is 0 Å². The van der Waals surface area contributed by atoms with Gasteiger partial charge in [0.15, 0.2) is 5.16 Å². The molecule has 0 radical (unpaired) electrons. The molecule has 1 amide bonds. The lowest BCUT2D eigenvalue weighted by atomic mass is 9.98. The number of thiophene rings is 1. The van der Waals surface area contributed by atoms with Gasteiger partial charge in [-0.1, -0.05) is 44.2 Å².